The van der Waals surface area contributed by atoms with E-state index in [9.17, 15) is 19.6 Å². The molecule has 0 spiro atoms. The maximum absolute atomic E-state index is 13.1. The fourth-order valence-electron chi connectivity index (χ4n) is 4.41. The molecule has 8 heteroatoms. The number of nitriles is 1. The Labute approximate surface area is 200 Å². The third-order valence-corrected chi connectivity index (χ3v) is 6.15. The number of hydrogen-bond acceptors (Lipinski definition) is 4. The highest BCUT2D eigenvalue weighted by atomic mass is 16.2. The Balaban J connectivity index is 1.76. The summed E-state index contributed by atoms with van der Waals surface area (Å²) in [6, 6.07) is 8.20. The minimum Gasteiger partial charge on any atom is -0.356 e. The van der Waals surface area contributed by atoms with Gasteiger partial charge in [0, 0.05) is 23.4 Å². The van der Waals surface area contributed by atoms with Crippen LogP contribution < -0.4 is 16.0 Å². The summed E-state index contributed by atoms with van der Waals surface area (Å²) in [5.41, 5.74) is 2.18. The van der Waals surface area contributed by atoms with Gasteiger partial charge in [-0.2, -0.15) is 5.26 Å². The minimum absolute atomic E-state index is 0.0892. The molecule has 3 amide bonds. The Kier molecular flexibility index (Phi) is 7.65. The molecule has 1 aliphatic rings. The number of amides is 3. The first kappa shape index (κ1) is 25.3. The lowest BCUT2D eigenvalue weighted by atomic mass is 9.87. The number of nitrogens with one attached hydrogen (secondary N) is 4. The summed E-state index contributed by atoms with van der Waals surface area (Å²) in [7, 11) is 0. The molecular weight excluding hydrogens is 430 g/mol. The Morgan fingerprint density at radius 1 is 1.24 bits per heavy atom. The van der Waals surface area contributed by atoms with Crippen molar-refractivity contribution in [3.05, 3.63) is 35.5 Å². The topological polar surface area (TPSA) is 127 Å². The first-order valence-corrected chi connectivity index (χ1v) is 11.9. The molecule has 2 heterocycles. The van der Waals surface area contributed by atoms with Gasteiger partial charge in [0.15, 0.2) is 0 Å². The van der Waals surface area contributed by atoms with Crippen molar-refractivity contribution in [3.8, 4) is 6.07 Å². The molecule has 1 aromatic heterocycles. The van der Waals surface area contributed by atoms with Gasteiger partial charge < -0.3 is 20.9 Å². The molecule has 0 bridgehead atoms. The van der Waals surface area contributed by atoms with Crippen molar-refractivity contribution in [3.63, 3.8) is 0 Å². The lowest BCUT2D eigenvalue weighted by Crippen LogP contribution is -2.51. The summed E-state index contributed by atoms with van der Waals surface area (Å²) in [6.45, 7) is 10.7. The van der Waals surface area contributed by atoms with Crippen molar-refractivity contribution >= 4 is 28.6 Å². The summed E-state index contributed by atoms with van der Waals surface area (Å²) in [4.78, 5) is 41.4. The Hall–Kier alpha value is -3.34. The SMILES string of the molecule is CC(C)c1cccc2cc(C(=O)N[C@@H](CC(C)(C)C)C(=O)N[C@H](C#N)C[C@@H]3CCNC3=O)[nH]c12. The summed E-state index contributed by atoms with van der Waals surface area (Å²) < 4.78 is 0. The molecule has 8 nitrogen and oxygen atoms in total. The van der Waals surface area contributed by atoms with Gasteiger partial charge in [-0.15, -0.1) is 0 Å². The summed E-state index contributed by atoms with van der Waals surface area (Å²) in [5.74, 6) is -0.885. The molecule has 34 heavy (non-hydrogen) atoms. The third-order valence-electron chi connectivity index (χ3n) is 6.15. The number of hydrogen-bond donors (Lipinski definition) is 4. The van der Waals surface area contributed by atoms with E-state index in [0.29, 0.717) is 31.0 Å². The summed E-state index contributed by atoms with van der Waals surface area (Å²) in [6.07, 6.45) is 1.29. The van der Waals surface area contributed by atoms with Crippen molar-refractivity contribution in [2.45, 2.75) is 71.9 Å². The van der Waals surface area contributed by atoms with Gasteiger partial charge in [0.1, 0.15) is 17.8 Å². The highest BCUT2D eigenvalue weighted by Crippen LogP contribution is 2.26. The second-order valence-electron chi connectivity index (χ2n) is 10.6. The fraction of sp³-hybridized carbons (Fsp3) is 0.538. The molecule has 3 rings (SSSR count). The van der Waals surface area contributed by atoms with E-state index in [2.05, 4.69) is 40.9 Å². The van der Waals surface area contributed by atoms with Gasteiger partial charge in [-0.05, 0) is 42.2 Å². The van der Waals surface area contributed by atoms with E-state index in [-0.39, 0.29) is 29.6 Å². The molecule has 1 aliphatic heterocycles. The number of H-pyrrole nitrogens is 1. The van der Waals surface area contributed by atoms with E-state index in [0.717, 1.165) is 16.5 Å². The number of nitrogens with zero attached hydrogens (tertiary/aromatic N) is 1. The van der Waals surface area contributed by atoms with E-state index < -0.39 is 18.0 Å². The predicted molar refractivity (Wildman–Crippen MR) is 131 cm³/mol. The molecule has 0 aliphatic carbocycles. The number of benzene rings is 1. The van der Waals surface area contributed by atoms with Crippen molar-refractivity contribution in [1.29, 1.82) is 5.26 Å². The van der Waals surface area contributed by atoms with Crippen molar-refractivity contribution in [1.82, 2.24) is 20.9 Å². The van der Waals surface area contributed by atoms with Crippen LogP contribution in [0.3, 0.4) is 0 Å². The third kappa shape index (κ3) is 6.16. The molecule has 2 aromatic rings. The average Bonchev–Trinajstić information content (AvgIpc) is 3.37. The first-order chi connectivity index (χ1) is 16.0. The number of carbonyl (C=O) groups excluding carboxylic acids is 3. The Morgan fingerprint density at radius 2 is 1.97 bits per heavy atom. The van der Waals surface area contributed by atoms with Gasteiger partial charge in [0.2, 0.25) is 11.8 Å². The summed E-state index contributed by atoms with van der Waals surface area (Å²) >= 11 is 0. The van der Waals surface area contributed by atoms with Crippen LogP contribution in [-0.4, -0.2) is 41.3 Å². The monoisotopic (exact) mass is 465 g/mol. The van der Waals surface area contributed by atoms with Crippen LogP contribution in [0.2, 0.25) is 0 Å². The maximum atomic E-state index is 13.1. The molecule has 4 N–H and O–H groups in total. The number of para-hydroxylation sites is 1. The van der Waals surface area contributed by atoms with Crippen LogP contribution >= 0.6 is 0 Å². The smallest absolute Gasteiger partial charge is 0.268 e. The minimum atomic E-state index is -0.822. The van der Waals surface area contributed by atoms with E-state index in [1.165, 1.54) is 0 Å². The van der Waals surface area contributed by atoms with Crippen molar-refractivity contribution in [2.24, 2.45) is 11.3 Å². The molecule has 1 aromatic carbocycles. The zero-order valence-electron chi connectivity index (χ0n) is 20.6. The van der Waals surface area contributed by atoms with E-state index in [1.54, 1.807) is 6.07 Å². The van der Waals surface area contributed by atoms with Gasteiger partial charge in [-0.1, -0.05) is 52.8 Å². The van der Waals surface area contributed by atoms with E-state index in [4.69, 9.17) is 0 Å². The van der Waals surface area contributed by atoms with Gasteiger partial charge in [0.25, 0.3) is 5.91 Å². The predicted octanol–water partition coefficient (Wildman–Crippen LogP) is 3.36. The van der Waals surface area contributed by atoms with Crippen molar-refractivity contribution in [2.75, 3.05) is 6.54 Å². The lowest BCUT2D eigenvalue weighted by molar-refractivity contribution is -0.125. The Bertz CT molecular complexity index is 1110. The molecule has 0 unspecified atom stereocenters. The molecule has 1 saturated heterocycles. The maximum Gasteiger partial charge on any atom is 0.268 e. The number of aromatic nitrogens is 1. The summed E-state index contributed by atoms with van der Waals surface area (Å²) in [5, 5.41) is 18.8. The Morgan fingerprint density at radius 3 is 2.56 bits per heavy atom. The molecule has 0 radical (unpaired) electrons. The number of aromatic amines is 1. The van der Waals surface area contributed by atoms with Crippen LogP contribution in [0, 0.1) is 22.7 Å². The first-order valence-electron chi connectivity index (χ1n) is 11.9. The molecule has 182 valence electrons. The molecular formula is C26H35N5O3. The van der Waals surface area contributed by atoms with Gasteiger partial charge in [-0.3, -0.25) is 14.4 Å². The normalized spacial score (nSPS) is 17.8. The zero-order chi connectivity index (χ0) is 25.0. The number of fused-ring (bicyclic) bond motifs is 1. The number of rotatable bonds is 8. The quantitative estimate of drug-likeness (QED) is 0.477. The van der Waals surface area contributed by atoms with E-state index in [1.807, 2.05) is 39.0 Å². The standard InChI is InChI=1S/C26H35N5O3/c1-15(2)19-8-6-7-16-12-20(30-22(16)19)24(33)31-21(13-26(3,4)5)25(34)29-18(14-27)11-17-9-10-28-23(17)32/h6-8,12,15,17-18,21,30H,9-11,13H2,1-5H3,(H,28,32)(H,29,34)(H,31,33)/t17-,18-,21-/m0/s1. The van der Waals surface area contributed by atoms with Crippen LogP contribution in [-0.2, 0) is 9.59 Å². The van der Waals surface area contributed by atoms with Crippen LogP contribution in [0.4, 0.5) is 0 Å². The number of carbonyl (C=O) groups is 3. The van der Waals surface area contributed by atoms with Crippen LogP contribution in [0.15, 0.2) is 24.3 Å². The van der Waals surface area contributed by atoms with Gasteiger partial charge in [-0.25, -0.2) is 0 Å². The zero-order valence-corrected chi connectivity index (χ0v) is 20.6. The van der Waals surface area contributed by atoms with Crippen LogP contribution in [0.5, 0.6) is 0 Å². The molecule has 1 fully saturated rings. The average molecular weight is 466 g/mol. The fourth-order valence-corrected chi connectivity index (χ4v) is 4.41. The highest BCUT2D eigenvalue weighted by molar-refractivity contribution is 6.00. The highest BCUT2D eigenvalue weighted by Gasteiger charge is 2.32. The van der Waals surface area contributed by atoms with Crippen LogP contribution in [0.1, 0.15) is 75.9 Å². The molecule has 3 atom stereocenters. The van der Waals surface area contributed by atoms with Gasteiger partial charge >= 0.3 is 0 Å². The molecule has 0 saturated carbocycles. The van der Waals surface area contributed by atoms with E-state index >= 15 is 0 Å². The van der Waals surface area contributed by atoms with Crippen molar-refractivity contribution < 1.29 is 14.4 Å². The lowest BCUT2D eigenvalue weighted by Gasteiger charge is -2.27. The second-order valence-corrected chi connectivity index (χ2v) is 10.6. The van der Waals surface area contributed by atoms with Gasteiger partial charge in [0.05, 0.1) is 6.07 Å². The largest absolute Gasteiger partial charge is 0.356 e. The second kappa shape index (κ2) is 10.3. The van der Waals surface area contributed by atoms with Crippen LogP contribution in [0.25, 0.3) is 10.9 Å².